The van der Waals surface area contributed by atoms with Crippen LogP contribution in [0.25, 0.3) is 11.0 Å². The van der Waals surface area contributed by atoms with Crippen LogP contribution in [-0.2, 0) is 15.2 Å². The molecule has 22 heavy (non-hydrogen) atoms. The second-order valence-electron chi connectivity index (χ2n) is 4.98. The molecule has 0 unspecified atom stereocenters. The Balaban J connectivity index is 2.05. The van der Waals surface area contributed by atoms with Crippen molar-refractivity contribution in [3.63, 3.8) is 0 Å². The molecule has 7 heteroatoms. The number of carbonyl (C=O) groups is 1. The van der Waals surface area contributed by atoms with E-state index >= 15 is 0 Å². The number of esters is 1. The Hall–Kier alpha value is -1.86. The highest BCUT2D eigenvalue weighted by molar-refractivity contribution is 7.79. The molecule has 0 spiro atoms. The molecule has 6 nitrogen and oxygen atoms in total. The molecule has 0 radical (unpaired) electrons. The lowest BCUT2D eigenvalue weighted by molar-refractivity contribution is 0.0601. The van der Waals surface area contributed by atoms with E-state index in [4.69, 9.17) is 14.5 Å². The van der Waals surface area contributed by atoms with Gasteiger partial charge in [-0.1, -0.05) is 0 Å². The van der Waals surface area contributed by atoms with Gasteiger partial charge >= 0.3 is 5.97 Å². The number of carbonyl (C=O) groups excluding carboxylic acids is 1. The second kappa shape index (κ2) is 6.50. The molecule has 0 amide bonds. The molecule has 1 aromatic carbocycles. The molecule has 1 aromatic heterocycles. The standard InChI is InChI=1S/C15H17N3O3S/c1-20-15(19)10-6-11(9-22)14-12(7-10)16-8-13(17-14)18-2-4-21-5-3-18/h6-8,22H,2-5,9H2,1H3. The Morgan fingerprint density at radius 2 is 2.18 bits per heavy atom. The predicted molar refractivity (Wildman–Crippen MR) is 86.6 cm³/mol. The third kappa shape index (κ3) is 2.86. The minimum Gasteiger partial charge on any atom is -0.465 e. The van der Waals surface area contributed by atoms with Crippen molar-refractivity contribution in [3.05, 3.63) is 29.5 Å². The van der Waals surface area contributed by atoms with Crippen molar-refractivity contribution in [2.45, 2.75) is 5.75 Å². The average molecular weight is 319 g/mol. The van der Waals surface area contributed by atoms with E-state index in [0.717, 1.165) is 30.0 Å². The van der Waals surface area contributed by atoms with Crippen LogP contribution >= 0.6 is 12.6 Å². The zero-order valence-electron chi connectivity index (χ0n) is 12.3. The second-order valence-corrected chi connectivity index (χ2v) is 5.30. The van der Waals surface area contributed by atoms with E-state index in [1.165, 1.54) is 7.11 Å². The topological polar surface area (TPSA) is 64.5 Å². The molecule has 2 heterocycles. The van der Waals surface area contributed by atoms with Gasteiger partial charge in [-0.05, 0) is 17.7 Å². The van der Waals surface area contributed by atoms with Crippen LogP contribution < -0.4 is 4.90 Å². The summed E-state index contributed by atoms with van der Waals surface area (Å²) in [6, 6.07) is 3.46. The molecule has 1 fully saturated rings. The van der Waals surface area contributed by atoms with Crippen LogP contribution in [0.4, 0.5) is 5.82 Å². The summed E-state index contributed by atoms with van der Waals surface area (Å²) in [6.45, 7) is 2.99. The molecule has 0 aliphatic carbocycles. The van der Waals surface area contributed by atoms with E-state index in [1.54, 1.807) is 18.3 Å². The first-order chi connectivity index (χ1) is 10.7. The molecule has 116 valence electrons. The fraction of sp³-hybridized carbons (Fsp3) is 0.400. The summed E-state index contributed by atoms with van der Waals surface area (Å²) in [7, 11) is 1.36. The SMILES string of the molecule is COC(=O)c1cc(CS)c2nc(N3CCOCC3)cnc2c1. The highest BCUT2D eigenvalue weighted by Crippen LogP contribution is 2.23. The number of rotatable bonds is 3. The number of fused-ring (bicyclic) bond motifs is 1. The smallest absolute Gasteiger partial charge is 0.337 e. The van der Waals surface area contributed by atoms with Crippen molar-refractivity contribution >= 4 is 35.4 Å². The van der Waals surface area contributed by atoms with Gasteiger partial charge in [-0.2, -0.15) is 12.6 Å². The molecule has 1 aliphatic rings. The molecular formula is C15H17N3O3S. The van der Waals surface area contributed by atoms with Gasteiger partial charge in [0, 0.05) is 18.8 Å². The lowest BCUT2D eigenvalue weighted by Gasteiger charge is -2.27. The van der Waals surface area contributed by atoms with Crippen molar-refractivity contribution in [3.8, 4) is 0 Å². The normalized spacial score (nSPS) is 15.1. The van der Waals surface area contributed by atoms with Crippen molar-refractivity contribution in [2.24, 2.45) is 0 Å². The van der Waals surface area contributed by atoms with Gasteiger partial charge in [0.25, 0.3) is 0 Å². The van der Waals surface area contributed by atoms with Crippen LogP contribution in [0.15, 0.2) is 18.3 Å². The van der Waals surface area contributed by atoms with Crippen molar-refractivity contribution in [1.82, 2.24) is 9.97 Å². The Labute approximate surface area is 133 Å². The number of nitrogens with zero attached hydrogens (tertiary/aromatic N) is 3. The number of morpholine rings is 1. The molecule has 2 aromatic rings. The third-order valence-electron chi connectivity index (χ3n) is 3.64. The zero-order valence-corrected chi connectivity index (χ0v) is 13.2. The van der Waals surface area contributed by atoms with Gasteiger partial charge in [0.2, 0.25) is 0 Å². The summed E-state index contributed by atoms with van der Waals surface area (Å²) in [5.74, 6) is 0.913. The van der Waals surface area contributed by atoms with Gasteiger partial charge in [-0.25, -0.2) is 9.78 Å². The third-order valence-corrected chi connectivity index (χ3v) is 3.98. The average Bonchev–Trinajstić information content (AvgIpc) is 2.60. The predicted octanol–water partition coefficient (Wildman–Crippen LogP) is 1.68. The van der Waals surface area contributed by atoms with E-state index in [1.807, 2.05) is 0 Å². The summed E-state index contributed by atoms with van der Waals surface area (Å²) in [4.78, 5) is 23.0. The molecule has 3 rings (SSSR count). The van der Waals surface area contributed by atoms with E-state index in [0.29, 0.717) is 30.0 Å². The number of methoxy groups -OCH3 is 1. The fourth-order valence-electron chi connectivity index (χ4n) is 2.48. The van der Waals surface area contributed by atoms with E-state index in [-0.39, 0.29) is 5.97 Å². The maximum absolute atomic E-state index is 11.7. The largest absolute Gasteiger partial charge is 0.465 e. The van der Waals surface area contributed by atoms with Crippen molar-refractivity contribution in [1.29, 1.82) is 0 Å². The molecule has 1 saturated heterocycles. The summed E-state index contributed by atoms with van der Waals surface area (Å²) in [5, 5.41) is 0. The van der Waals surface area contributed by atoms with Crippen molar-refractivity contribution in [2.75, 3.05) is 38.3 Å². The van der Waals surface area contributed by atoms with Crippen LogP contribution in [0, 0.1) is 0 Å². The van der Waals surface area contributed by atoms with Crippen LogP contribution in [0.1, 0.15) is 15.9 Å². The van der Waals surface area contributed by atoms with Gasteiger partial charge in [-0.3, -0.25) is 4.98 Å². The lowest BCUT2D eigenvalue weighted by Crippen LogP contribution is -2.36. The minimum atomic E-state index is -0.385. The van der Waals surface area contributed by atoms with Gasteiger partial charge in [0.05, 0.1) is 43.1 Å². The Bertz CT molecular complexity index is 702. The van der Waals surface area contributed by atoms with Crippen LogP contribution in [0.5, 0.6) is 0 Å². The van der Waals surface area contributed by atoms with Gasteiger partial charge in [-0.15, -0.1) is 0 Å². The van der Waals surface area contributed by atoms with E-state index < -0.39 is 0 Å². The number of hydrogen-bond acceptors (Lipinski definition) is 7. The monoisotopic (exact) mass is 319 g/mol. The number of thiol groups is 1. The highest BCUT2D eigenvalue weighted by atomic mass is 32.1. The molecule has 0 atom stereocenters. The molecule has 0 N–H and O–H groups in total. The first-order valence-corrected chi connectivity index (χ1v) is 7.67. The number of ether oxygens (including phenoxy) is 2. The Kier molecular flexibility index (Phi) is 4.44. The fourth-order valence-corrected chi connectivity index (χ4v) is 2.72. The summed E-state index contributed by atoms with van der Waals surface area (Å²) >= 11 is 4.34. The number of benzene rings is 1. The van der Waals surface area contributed by atoms with Gasteiger partial charge < -0.3 is 14.4 Å². The first-order valence-electron chi connectivity index (χ1n) is 7.04. The number of anilines is 1. The molecular weight excluding hydrogens is 302 g/mol. The zero-order chi connectivity index (χ0) is 15.5. The van der Waals surface area contributed by atoms with Gasteiger partial charge in [0.1, 0.15) is 5.82 Å². The van der Waals surface area contributed by atoms with Crippen LogP contribution in [-0.4, -0.2) is 49.4 Å². The first kappa shape index (κ1) is 15.1. The molecule has 1 aliphatic heterocycles. The van der Waals surface area contributed by atoms with Crippen LogP contribution in [0.3, 0.4) is 0 Å². The van der Waals surface area contributed by atoms with E-state index in [9.17, 15) is 4.79 Å². The Morgan fingerprint density at radius 1 is 1.41 bits per heavy atom. The lowest BCUT2D eigenvalue weighted by atomic mass is 10.1. The number of aromatic nitrogens is 2. The van der Waals surface area contributed by atoms with Gasteiger partial charge in [0.15, 0.2) is 0 Å². The number of hydrogen-bond donors (Lipinski definition) is 1. The quantitative estimate of drug-likeness (QED) is 0.686. The van der Waals surface area contributed by atoms with Crippen molar-refractivity contribution < 1.29 is 14.3 Å². The minimum absolute atomic E-state index is 0.385. The highest BCUT2D eigenvalue weighted by Gasteiger charge is 2.16. The Morgan fingerprint density at radius 3 is 2.86 bits per heavy atom. The van der Waals surface area contributed by atoms with Crippen LogP contribution in [0.2, 0.25) is 0 Å². The molecule has 0 saturated carbocycles. The van der Waals surface area contributed by atoms with E-state index in [2.05, 4.69) is 22.5 Å². The molecule has 0 bridgehead atoms. The summed E-state index contributed by atoms with van der Waals surface area (Å²) < 4.78 is 10.1. The summed E-state index contributed by atoms with van der Waals surface area (Å²) in [5.41, 5.74) is 2.77. The maximum Gasteiger partial charge on any atom is 0.337 e. The maximum atomic E-state index is 11.7. The summed E-state index contributed by atoms with van der Waals surface area (Å²) in [6.07, 6.45) is 1.73.